The Morgan fingerprint density at radius 1 is 1.44 bits per heavy atom. The molecule has 0 saturated carbocycles. The number of thiazole rings is 1. The van der Waals surface area contributed by atoms with Crippen LogP contribution in [0.2, 0.25) is 0 Å². The van der Waals surface area contributed by atoms with Crippen molar-refractivity contribution in [3.63, 3.8) is 0 Å². The summed E-state index contributed by atoms with van der Waals surface area (Å²) in [5, 5.41) is 5.93. The second-order valence-electron chi connectivity index (χ2n) is 4.03. The Bertz CT molecular complexity index is 541. The average molecular weight is 266 g/mol. The van der Waals surface area contributed by atoms with Gasteiger partial charge in [0, 0.05) is 11.1 Å². The molecule has 2 aromatic rings. The normalized spacial score (nSPS) is 12.4. The molecule has 0 aliphatic rings. The molecule has 0 bridgehead atoms. The maximum absolute atomic E-state index is 13.9. The van der Waals surface area contributed by atoms with Crippen LogP contribution in [0.1, 0.15) is 36.3 Å². The number of anilines is 1. The van der Waals surface area contributed by atoms with Gasteiger partial charge < -0.3 is 5.32 Å². The van der Waals surface area contributed by atoms with Gasteiger partial charge in [-0.3, -0.25) is 0 Å². The number of nitrogens with one attached hydrogen (secondary N) is 1. The van der Waals surface area contributed by atoms with Crippen LogP contribution >= 0.6 is 11.3 Å². The summed E-state index contributed by atoms with van der Waals surface area (Å²) in [7, 11) is 0. The molecule has 2 aromatic heterocycles. The largest absolute Gasteiger partial charge is 0.359 e. The quantitative estimate of drug-likeness (QED) is 0.923. The Morgan fingerprint density at radius 2 is 2.22 bits per heavy atom. The zero-order chi connectivity index (χ0) is 13.1. The molecule has 0 aliphatic carbocycles. The Balaban J connectivity index is 2.19. The van der Waals surface area contributed by atoms with Crippen molar-refractivity contribution in [2.75, 3.05) is 5.32 Å². The van der Waals surface area contributed by atoms with Gasteiger partial charge in [0.1, 0.15) is 11.3 Å². The van der Waals surface area contributed by atoms with Gasteiger partial charge in [0.05, 0.1) is 11.7 Å². The zero-order valence-corrected chi connectivity index (χ0v) is 11.4. The van der Waals surface area contributed by atoms with Gasteiger partial charge in [0.2, 0.25) is 0 Å². The molecule has 1 N–H and O–H groups in total. The van der Waals surface area contributed by atoms with Crippen molar-refractivity contribution < 1.29 is 4.39 Å². The van der Waals surface area contributed by atoms with Gasteiger partial charge in [0.15, 0.2) is 11.6 Å². The molecule has 1 unspecified atom stereocenters. The summed E-state index contributed by atoms with van der Waals surface area (Å²) in [6, 6.07) is -0.0715. The van der Waals surface area contributed by atoms with Crippen LogP contribution in [0.15, 0.2) is 11.7 Å². The summed E-state index contributed by atoms with van der Waals surface area (Å²) in [6.07, 6.45) is 1.93. The van der Waals surface area contributed by atoms with Crippen molar-refractivity contribution in [2.45, 2.75) is 33.2 Å². The summed E-state index contributed by atoms with van der Waals surface area (Å²) < 4.78 is 13.9. The van der Waals surface area contributed by atoms with Crippen LogP contribution in [-0.4, -0.2) is 15.0 Å². The molecule has 0 amide bonds. The highest BCUT2D eigenvalue weighted by molar-refractivity contribution is 7.09. The molecule has 0 radical (unpaired) electrons. The molecule has 96 valence electrons. The van der Waals surface area contributed by atoms with E-state index in [0.717, 1.165) is 10.7 Å². The number of halogens is 1. The van der Waals surface area contributed by atoms with Crippen molar-refractivity contribution in [3.8, 4) is 0 Å². The van der Waals surface area contributed by atoms with Crippen LogP contribution in [0.4, 0.5) is 10.2 Å². The lowest BCUT2D eigenvalue weighted by molar-refractivity contribution is 0.594. The fraction of sp³-hybridized carbons (Fsp3) is 0.417. The van der Waals surface area contributed by atoms with Crippen LogP contribution in [0.25, 0.3) is 0 Å². The lowest BCUT2D eigenvalue weighted by Crippen LogP contribution is -2.11. The lowest BCUT2D eigenvalue weighted by Gasteiger charge is -2.13. The molecule has 18 heavy (non-hydrogen) atoms. The van der Waals surface area contributed by atoms with Gasteiger partial charge in [-0.25, -0.2) is 19.3 Å². The third kappa shape index (κ3) is 2.64. The van der Waals surface area contributed by atoms with Crippen LogP contribution in [-0.2, 0) is 6.42 Å². The SMILES string of the molecule is CCc1ncnc(NC(C)c2nc(C)cs2)c1F. The first kappa shape index (κ1) is 12.9. The second kappa shape index (κ2) is 5.39. The predicted octanol–water partition coefficient (Wildman–Crippen LogP) is 3.12. The summed E-state index contributed by atoms with van der Waals surface area (Å²) >= 11 is 1.55. The van der Waals surface area contributed by atoms with Crippen molar-refractivity contribution in [1.29, 1.82) is 0 Å². The van der Waals surface area contributed by atoms with Gasteiger partial charge in [-0.05, 0) is 20.3 Å². The first-order chi connectivity index (χ1) is 8.61. The lowest BCUT2D eigenvalue weighted by atomic mass is 10.3. The van der Waals surface area contributed by atoms with Crippen LogP contribution in [0.3, 0.4) is 0 Å². The molecule has 0 saturated heterocycles. The molecular weight excluding hydrogens is 251 g/mol. The topological polar surface area (TPSA) is 50.7 Å². The molecule has 1 atom stereocenters. The third-order valence-corrected chi connectivity index (χ3v) is 3.70. The fourth-order valence-corrected chi connectivity index (χ4v) is 2.40. The number of aromatic nitrogens is 3. The van der Waals surface area contributed by atoms with Gasteiger partial charge in [-0.2, -0.15) is 0 Å². The van der Waals surface area contributed by atoms with E-state index in [1.54, 1.807) is 11.3 Å². The standard InChI is InChI=1S/C12H15FN4S/c1-4-9-10(13)11(15-6-14-9)17-8(3)12-16-7(2)5-18-12/h5-6,8H,4H2,1-3H3,(H,14,15,17). The van der Waals surface area contributed by atoms with E-state index >= 15 is 0 Å². The molecule has 2 rings (SSSR count). The summed E-state index contributed by atoms with van der Waals surface area (Å²) in [5.41, 5.74) is 1.40. The highest BCUT2D eigenvalue weighted by Crippen LogP contribution is 2.23. The van der Waals surface area contributed by atoms with Gasteiger partial charge >= 0.3 is 0 Å². The highest BCUT2D eigenvalue weighted by atomic mass is 32.1. The molecule has 0 aliphatic heterocycles. The summed E-state index contributed by atoms with van der Waals surface area (Å²) in [4.78, 5) is 12.2. The van der Waals surface area contributed by atoms with E-state index in [1.807, 2.05) is 26.2 Å². The molecule has 0 fully saturated rings. The minimum Gasteiger partial charge on any atom is -0.359 e. The maximum atomic E-state index is 13.9. The van der Waals surface area contributed by atoms with Crippen LogP contribution < -0.4 is 5.32 Å². The Kier molecular flexibility index (Phi) is 3.86. The summed E-state index contributed by atoms with van der Waals surface area (Å²) in [5.74, 6) is -0.137. The Labute approximate surface area is 109 Å². The molecule has 4 nitrogen and oxygen atoms in total. The van der Waals surface area contributed by atoms with E-state index in [9.17, 15) is 4.39 Å². The Morgan fingerprint density at radius 3 is 2.83 bits per heavy atom. The number of nitrogens with zero attached hydrogens (tertiary/aromatic N) is 3. The number of aryl methyl sites for hydroxylation is 2. The average Bonchev–Trinajstić information content (AvgIpc) is 2.78. The van der Waals surface area contributed by atoms with E-state index in [1.165, 1.54) is 6.33 Å². The summed E-state index contributed by atoms with van der Waals surface area (Å²) in [6.45, 7) is 5.74. The monoisotopic (exact) mass is 266 g/mol. The molecule has 0 aromatic carbocycles. The highest BCUT2D eigenvalue weighted by Gasteiger charge is 2.14. The first-order valence-corrected chi connectivity index (χ1v) is 6.67. The molecule has 0 spiro atoms. The van der Waals surface area contributed by atoms with Crippen molar-refractivity contribution in [1.82, 2.24) is 15.0 Å². The van der Waals surface area contributed by atoms with Crippen molar-refractivity contribution in [3.05, 3.63) is 33.9 Å². The zero-order valence-electron chi connectivity index (χ0n) is 10.6. The maximum Gasteiger partial charge on any atom is 0.186 e. The van der Waals surface area contributed by atoms with E-state index in [4.69, 9.17) is 0 Å². The molecule has 6 heteroatoms. The van der Waals surface area contributed by atoms with E-state index in [0.29, 0.717) is 12.1 Å². The van der Waals surface area contributed by atoms with Crippen molar-refractivity contribution in [2.24, 2.45) is 0 Å². The third-order valence-electron chi connectivity index (χ3n) is 2.56. The first-order valence-electron chi connectivity index (χ1n) is 5.79. The number of hydrogen-bond donors (Lipinski definition) is 1. The van der Waals surface area contributed by atoms with Gasteiger partial charge in [0.25, 0.3) is 0 Å². The van der Waals surface area contributed by atoms with Crippen molar-refractivity contribution >= 4 is 17.2 Å². The minimum absolute atomic E-state index is 0.0715. The van der Waals surface area contributed by atoms with Crippen LogP contribution in [0, 0.1) is 12.7 Å². The predicted molar refractivity (Wildman–Crippen MR) is 70.3 cm³/mol. The van der Waals surface area contributed by atoms with E-state index in [2.05, 4.69) is 20.3 Å². The fourth-order valence-electron chi connectivity index (χ4n) is 1.59. The number of rotatable bonds is 4. The van der Waals surface area contributed by atoms with Gasteiger partial charge in [-0.1, -0.05) is 6.92 Å². The smallest absolute Gasteiger partial charge is 0.186 e. The minimum atomic E-state index is -0.375. The number of hydrogen-bond acceptors (Lipinski definition) is 5. The Hall–Kier alpha value is -1.56. The molecular formula is C12H15FN4S. The second-order valence-corrected chi connectivity index (χ2v) is 4.92. The molecule has 2 heterocycles. The van der Waals surface area contributed by atoms with Crippen LogP contribution in [0.5, 0.6) is 0 Å². The van der Waals surface area contributed by atoms with E-state index in [-0.39, 0.29) is 17.7 Å². The van der Waals surface area contributed by atoms with E-state index < -0.39 is 0 Å². The van der Waals surface area contributed by atoms with Gasteiger partial charge in [-0.15, -0.1) is 11.3 Å².